The summed E-state index contributed by atoms with van der Waals surface area (Å²) in [5.41, 5.74) is 8.69. The number of piperidine rings is 1. The van der Waals surface area contributed by atoms with Gasteiger partial charge in [0.25, 0.3) is 11.8 Å². The molecule has 3 saturated carbocycles. The number of fused-ring (bicyclic) bond motifs is 2. The normalized spacial score (nSPS) is 30.0. The van der Waals surface area contributed by atoms with E-state index in [2.05, 4.69) is 28.6 Å². The van der Waals surface area contributed by atoms with Crippen molar-refractivity contribution in [3.63, 3.8) is 0 Å². The Kier molecular flexibility index (Phi) is 8.24. The van der Waals surface area contributed by atoms with Crippen LogP contribution in [0.3, 0.4) is 0 Å². The number of anilines is 1. The SMILES string of the molecule is CO[C@]12CC[C@@]3(C[C@@H]1C(=O)NCCCCCCNC(=O)CCN1C(=O)c4cccc5c(N)ccc(c45)C1=O)[C@H]1Cc4ccc(O)c5c4[C@@]3(CCN1C)[C@H]2O5. The number of aromatic hydroxyl groups is 1. The van der Waals surface area contributed by atoms with Crippen LogP contribution in [0.4, 0.5) is 5.69 Å². The van der Waals surface area contributed by atoms with E-state index in [1.54, 1.807) is 43.5 Å². The molecule has 3 aromatic rings. The molecule has 6 atom stereocenters. The molecule has 54 heavy (non-hydrogen) atoms. The molecule has 1 saturated heterocycles. The Balaban J connectivity index is 0.753. The van der Waals surface area contributed by atoms with Gasteiger partial charge in [0.1, 0.15) is 11.7 Å². The van der Waals surface area contributed by atoms with Gasteiger partial charge in [-0.1, -0.05) is 31.0 Å². The zero-order chi connectivity index (χ0) is 37.6. The fourth-order valence-corrected chi connectivity index (χ4v) is 11.8. The first-order valence-electron chi connectivity index (χ1n) is 19.6. The van der Waals surface area contributed by atoms with Crippen LogP contribution >= 0.6 is 0 Å². The van der Waals surface area contributed by atoms with E-state index < -0.39 is 17.4 Å². The van der Waals surface area contributed by atoms with Crippen molar-refractivity contribution in [3.8, 4) is 11.5 Å². The van der Waals surface area contributed by atoms with E-state index >= 15 is 0 Å². The summed E-state index contributed by atoms with van der Waals surface area (Å²) < 4.78 is 13.2. The number of benzene rings is 3. The highest BCUT2D eigenvalue weighted by atomic mass is 16.6. The number of nitrogens with zero attached hydrogens (tertiary/aromatic N) is 2. The molecule has 4 bridgehead atoms. The maximum Gasteiger partial charge on any atom is 0.261 e. The first-order valence-corrected chi connectivity index (χ1v) is 19.6. The lowest BCUT2D eigenvalue weighted by Gasteiger charge is -2.73. The molecule has 4 fully saturated rings. The Morgan fingerprint density at radius 1 is 0.981 bits per heavy atom. The van der Waals surface area contributed by atoms with Gasteiger partial charge in [0.05, 0.1) is 5.92 Å². The number of hydrogen-bond donors (Lipinski definition) is 4. The average molecular weight is 736 g/mol. The smallest absolute Gasteiger partial charge is 0.261 e. The number of likely N-dealkylation sites (tertiary alicyclic amines) is 1. The highest BCUT2D eigenvalue weighted by Gasteiger charge is 2.81. The lowest BCUT2D eigenvalue weighted by atomic mass is 9.35. The summed E-state index contributed by atoms with van der Waals surface area (Å²) in [4.78, 5) is 56.8. The quantitative estimate of drug-likeness (QED) is 0.122. The van der Waals surface area contributed by atoms with Crippen molar-refractivity contribution in [2.45, 2.75) is 87.4 Å². The Labute approximate surface area is 314 Å². The molecule has 0 unspecified atom stereocenters. The number of phenolic OH excluding ortho intramolecular Hbond substituents is 1. The molecular weight excluding hydrogens is 686 g/mol. The van der Waals surface area contributed by atoms with Gasteiger partial charge >= 0.3 is 0 Å². The van der Waals surface area contributed by atoms with Crippen molar-refractivity contribution in [1.29, 1.82) is 0 Å². The lowest BCUT2D eigenvalue weighted by molar-refractivity contribution is -0.270. The van der Waals surface area contributed by atoms with Crippen molar-refractivity contribution >= 4 is 40.1 Å². The van der Waals surface area contributed by atoms with Crippen LogP contribution < -0.4 is 21.1 Å². The van der Waals surface area contributed by atoms with Crippen LogP contribution in [0, 0.1) is 11.3 Å². The fraction of sp³-hybridized carbons (Fsp3) is 0.524. The molecule has 4 aliphatic carbocycles. The minimum absolute atomic E-state index is 0.00245. The number of phenols is 1. The van der Waals surface area contributed by atoms with Gasteiger partial charge in [-0.25, -0.2) is 0 Å². The Bertz CT molecular complexity index is 2080. The number of carbonyl (C=O) groups is 4. The van der Waals surface area contributed by atoms with Crippen molar-refractivity contribution < 1.29 is 33.8 Å². The molecule has 7 aliphatic rings. The third kappa shape index (κ3) is 4.68. The maximum atomic E-state index is 14.1. The topological polar surface area (TPSA) is 164 Å². The molecule has 2 spiro atoms. The predicted molar refractivity (Wildman–Crippen MR) is 201 cm³/mol. The number of imide groups is 1. The number of amides is 4. The van der Waals surface area contributed by atoms with Gasteiger partial charge in [0, 0.05) is 83.2 Å². The standard InChI is InChI=1S/C42H49N5O7/c1-46-21-17-41-34-24-10-13-30(48)35(34)54-39(41)42(53-2)16-15-40(41,31(46)22-24)23-28(42)36(50)45-19-6-4-3-5-18-44-32(49)14-20-47-37(51)26-9-7-8-25-29(43)12-11-27(33(25)26)38(47)52/h7-13,28,31,39,48H,3-6,14-23,43H2,1-2H3,(H,44,49)(H,45,50)/t28-,31-,39-,40-,41+,42-/m1/s1. The zero-order valence-electron chi connectivity index (χ0n) is 31.0. The number of nitrogens with two attached hydrogens (primary N) is 1. The van der Waals surface area contributed by atoms with Gasteiger partial charge in [-0.2, -0.15) is 0 Å². The number of hydrogen-bond acceptors (Lipinski definition) is 9. The van der Waals surface area contributed by atoms with Crippen molar-refractivity contribution in [2.75, 3.05) is 46.1 Å². The molecule has 0 radical (unpaired) electrons. The first kappa shape index (κ1) is 35.0. The van der Waals surface area contributed by atoms with Gasteiger partial charge in [-0.05, 0) is 88.4 Å². The minimum atomic E-state index is -0.772. The van der Waals surface area contributed by atoms with Crippen LogP contribution in [0.5, 0.6) is 11.5 Å². The third-order valence-electron chi connectivity index (χ3n) is 14.3. The summed E-state index contributed by atoms with van der Waals surface area (Å²) in [5.74, 6) is -0.598. The van der Waals surface area contributed by atoms with E-state index in [9.17, 15) is 24.3 Å². The van der Waals surface area contributed by atoms with Gasteiger partial charge in [0.2, 0.25) is 11.8 Å². The summed E-state index contributed by atoms with van der Waals surface area (Å²) in [6, 6.07) is 12.7. The van der Waals surface area contributed by atoms with Crippen LogP contribution in [0.15, 0.2) is 42.5 Å². The molecule has 5 N–H and O–H groups in total. The van der Waals surface area contributed by atoms with Gasteiger partial charge in [0.15, 0.2) is 11.5 Å². The monoisotopic (exact) mass is 735 g/mol. The molecule has 3 aromatic carbocycles. The number of nitrogen functional groups attached to an aromatic ring is 1. The van der Waals surface area contributed by atoms with Gasteiger partial charge < -0.3 is 35.8 Å². The highest BCUT2D eigenvalue weighted by molar-refractivity contribution is 6.26. The van der Waals surface area contributed by atoms with E-state index in [1.165, 1.54) is 11.1 Å². The number of ether oxygens (including phenoxy) is 2. The number of methoxy groups -OCH3 is 1. The van der Waals surface area contributed by atoms with Gasteiger partial charge in [-0.15, -0.1) is 0 Å². The second-order valence-corrected chi connectivity index (χ2v) is 16.4. The van der Waals surface area contributed by atoms with E-state index in [1.807, 2.05) is 0 Å². The Hall–Kier alpha value is -4.68. The summed E-state index contributed by atoms with van der Waals surface area (Å²) >= 11 is 0. The van der Waals surface area contributed by atoms with Crippen molar-refractivity contribution in [2.24, 2.45) is 11.3 Å². The van der Waals surface area contributed by atoms with Crippen LogP contribution in [0.2, 0.25) is 0 Å². The van der Waals surface area contributed by atoms with E-state index in [4.69, 9.17) is 15.2 Å². The largest absolute Gasteiger partial charge is 0.504 e. The molecule has 284 valence electrons. The average Bonchev–Trinajstić information content (AvgIpc) is 3.55. The molecular formula is C42H49N5O7. The Morgan fingerprint density at radius 2 is 1.74 bits per heavy atom. The molecule has 4 amide bonds. The maximum absolute atomic E-state index is 14.1. The molecule has 10 rings (SSSR count). The number of nitrogens with one attached hydrogen (secondary N) is 2. The zero-order valence-corrected chi connectivity index (χ0v) is 31.0. The Morgan fingerprint density at radius 3 is 2.52 bits per heavy atom. The van der Waals surface area contributed by atoms with Crippen molar-refractivity contribution in [1.82, 2.24) is 20.4 Å². The first-order chi connectivity index (χ1) is 26.1. The molecule has 12 nitrogen and oxygen atoms in total. The van der Waals surface area contributed by atoms with Crippen LogP contribution in [-0.2, 0) is 26.2 Å². The molecule has 12 heteroatoms. The van der Waals surface area contributed by atoms with E-state index in [0.29, 0.717) is 52.5 Å². The summed E-state index contributed by atoms with van der Waals surface area (Å²) in [6.07, 6.45) is 7.35. The van der Waals surface area contributed by atoms with Crippen LogP contribution in [-0.4, -0.2) is 96.6 Å². The van der Waals surface area contributed by atoms with E-state index in [0.717, 1.165) is 69.2 Å². The molecule has 3 heterocycles. The molecule has 3 aliphatic heterocycles. The summed E-state index contributed by atoms with van der Waals surface area (Å²) in [6.45, 7) is 2.00. The lowest BCUT2D eigenvalue weighted by Crippen LogP contribution is -2.81. The van der Waals surface area contributed by atoms with E-state index in [-0.39, 0.29) is 53.4 Å². The van der Waals surface area contributed by atoms with Crippen molar-refractivity contribution in [3.05, 3.63) is 64.7 Å². The predicted octanol–water partition coefficient (Wildman–Crippen LogP) is 4.05. The molecule has 0 aromatic heterocycles. The summed E-state index contributed by atoms with van der Waals surface area (Å²) in [5, 5.41) is 18.4. The second kappa shape index (κ2) is 12.7. The number of rotatable bonds is 12. The van der Waals surface area contributed by atoms with Crippen LogP contribution in [0.1, 0.15) is 89.6 Å². The third-order valence-corrected chi connectivity index (χ3v) is 14.3. The summed E-state index contributed by atoms with van der Waals surface area (Å²) in [7, 11) is 3.94. The highest BCUT2D eigenvalue weighted by Crippen LogP contribution is 2.76. The fourth-order valence-electron chi connectivity index (χ4n) is 11.8. The van der Waals surface area contributed by atoms with Crippen LogP contribution in [0.25, 0.3) is 10.8 Å². The second-order valence-electron chi connectivity index (χ2n) is 16.4. The number of carbonyl (C=O) groups excluding carboxylic acids is 4. The minimum Gasteiger partial charge on any atom is -0.504 e. The number of unbranched alkanes of at least 4 members (excludes halogenated alkanes) is 3. The number of likely N-dealkylation sites (N-methyl/N-ethyl adjacent to an activating group) is 1. The van der Waals surface area contributed by atoms with Gasteiger partial charge in [-0.3, -0.25) is 24.1 Å².